The first-order valence-corrected chi connectivity index (χ1v) is 9.50. The topological polar surface area (TPSA) is 54.5 Å². The van der Waals surface area contributed by atoms with E-state index in [-0.39, 0.29) is 11.6 Å². The molecule has 0 saturated carbocycles. The van der Waals surface area contributed by atoms with Gasteiger partial charge < -0.3 is 15.0 Å². The fourth-order valence-electron chi connectivity index (χ4n) is 2.81. The highest BCUT2D eigenvalue weighted by atomic mass is 32.1. The van der Waals surface area contributed by atoms with Crippen molar-refractivity contribution in [1.82, 2.24) is 4.98 Å². The van der Waals surface area contributed by atoms with E-state index in [1.165, 1.54) is 11.3 Å². The summed E-state index contributed by atoms with van der Waals surface area (Å²) < 4.78 is 58.1. The number of carbonyl (C=O) groups is 1. The summed E-state index contributed by atoms with van der Waals surface area (Å²) in [6.45, 7) is 6.11. The summed E-state index contributed by atoms with van der Waals surface area (Å²) >= 11 is 1.34. The van der Waals surface area contributed by atoms with Gasteiger partial charge in [-0.3, -0.25) is 4.79 Å². The molecule has 1 saturated heterocycles. The maximum atomic E-state index is 13.3. The number of hydrogen-bond acceptors (Lipinski definition) is 5. The van der Waals surface area contributed by atoms with Crippen molar-refractivity contribution < 1.29 is 27.1 Å². The fourth-order valence-corrected chi connectivity index (χ4v) is 3.92. The number of alkyl halides is 3. The predicted octanol–water partition coefficient (Wildman–Crippen LogP) is 4.51. The van der Waals surface area contributed by atoms with E-state index in [4.69, 9.17) is 4.74 Å². The van der Waals surface area contributed by atoms with Crippen molar-refractivity contribution in [2.75, 3.05) is 36.5 Å². The lowest BCUT2D eigenvalue weighted by Crippen LogP contribution is -2.36. The van der Waals surface area contributed by atoms with E-state index in [0.717, 1.165) is 12.1 Å². The minimum absolute atomic E-state index is 0.0386. The third-order valence-corrected chi connectivity index (χ3v) is 5.62. The monoisotopic (exact) mass is 417 g/mol. The van der Waals surface area contributed by atoms with E-state index in [1.54, 1.807) is 0 Å². The van der Waals surface area contributed by atoms with Crippen LogP contribution in [0.4, 0.5) is 28.4 Å². The second-order valence-corrected chi connectivity index (χ2v) is 7.61. The van der Waals surface area contributed by atoms with E-state index < -0.39 is 29.2 Å². The lowest BCUT2D eigenvalue weighted by molar-refractivity contribution is -0.137. The molecule has 28 heavy (non-hydrogen) atoms. The van der Waals surface area contributed by atoms with Crippen LogP contribution in [0.5, 0.6) is 0 Å². The van der Waals surface area contributed by atoms with Crippen LogP contribution in [0.15, 0.2) is 18.2 Å². The number of morpholine rings is 1. The third kappa shape index (κ3) is 4.44. The number of benzene rings is 1. The van der Waals surface area contributed by atoms with Gasteiger partial charge in [0.05, 0.1) is 24.5 Å². The van der Waals surface area contributed by atoms with Crippen LogP contribution in [-0.2, 0) is 10.9 Å². The summed E-state index contributed by atoms with van der Waals surface area (Å²) in [7, 11) is 0. The highest BCUT2D eigenvalue weighted by molar-refractivity contribution is 7.16. The molecule has 1 aromatic carbocycles. The number of nitrogens with one attached hydrogen (secondary N) is 1. The zero-order valence-corrected chi connectivity index (χ0v) is 16.1. The standard InChI is InChI=1S/C18H19F4N3O2S/c1-10(2)15-14(24-17(28-15)25-5-7-27-8-6-25)16(26)23-13-4-3-11(19)9-12(13)18(20,21)22/h3-4,9-10H,5-8H2,1-2H3,(H,23,26). The number of hydrogen-bond donors (Lipinski definition) is 1. The number of carbonyl (C=O) groups excluding carboxylic acids is 1. The number of halogens is 4. The Morgan fingerprint density at radius 1 is 1.29 bits per heavy atom. The maximum Gasteiger partial charge on any atom is 0.418 e. The summed E-state index contributed by atoms with van der Waals surface area (Å²) in [5.74, 6) is -1.82. The third-order valence-electron chi connectivity index (χ3n) is 4.20. The largest absolute Gasteiger partial charge is 0.418 e. The number of ether oxygens (including phenoxy) is 1. The average molecular weight is 417 g/mol. The van der Waals surface area contributed by atoms with Gasteiger partial charge in [-0.15, -0.1) is 11.3 Å². The van der Waals surface area contributed by atoms with Gasteiger partial charge in [0.1, 0.15) is 11.5 Å². The first kappa shape index (κ1) is 20.5. The maximum absolute atomic E-state index is 13.3. The number of amides is 1. The second kappa shape index (κ2) is 8.04. The highest BCUT2D eigenvalue weighted by Crippen LogP contribution is 2.37. The van der Waals surface area contributed by atoms with Crippen LogP contribution >= 0.6 is 11.3 Å². The molecule has 0 aliphatic carbocycles. The quantitative estimate of drug-likeness (QED) is 0.744. The minimum Gasteiger partial charge on any atom is -0.378 e. The van der Waals surface area contributed by atoms with E-state index in [2.05, 4.69) is 10.3 Å². The first-order valence-electron chi connectivity index (χ1n) is 8.68. The number of nitrogens with zero attached hydrogens (tertiary/aromatic N) is 2. The Bertz CT molecular complexity index is 861. The van der Waals surface area contributed by atoms with Crippen molar-refractivity contribution in [2.45, 2.75) is 25.9 Å². The average Bonchev–Trinajstić information content (AvgIpc) is 3.09. The van der Waals surface area contributed by atoms with Crippen molar-refractivity contribution in [1.29, 1.82) is 0 Å². The molecule has 2 heterocycles. The van der Waals surface area contributed by atoms with Gasteiger partial charge in [0.25, 0.3) is 5.91 Å². The van der Waals surface area contributed by atoms with Gasteiger partial charge in [-0.05, 0) is 24.1 Å². The smallest absolute Gasteiger partial charge is 0.378 e. The van der Waals surface area contributed by atoms with E-state index in [9.17, 15) is 22.4 Å². The molecule has 0 radical (unpaired) electrons. The SMILES string of the molecule is CC(C)c1sc(N2CCOCC2)nc1C(=O)Nc1ccc(F)cc1C(F)(F)F. The molecule has 1 fully saturated rings. The lowest BCUT2D eigenvalue weighted by atomic mass is 10.1. The fraction of sp³-hybridized carbons (Fsp3) is 0.444. The molecular weight excluding hydrogens is 398 g/mol. The Kier molecular flexibility index (Phi) is 5.90. The normalized spacial score (nSPS) is 15.2. The van der Waals surface area contributed by atoms with Crippen molar-refractivity contribution in [3.63, 3.8) is 0 Å². The van der Waals surface area contributed by atoms with Crippen LogP contribution in [0.2, 0.25) is 0 Å². The molecule has 2 aromatic rings. The van der Waals surface area contributed by atoms with Crippen LogP contribution in [0.1, 0.15) is 40.7 Å². The van der Waals surface area contributed by atoms with Gasteiger partial charge in [0.2, 0.25) is 0 Å². The molecule has 1 aliphatic heterocycles. The van der Waals surface area contributed by atoms with Crippen LogP contribution in [0.3, 0.4) is 0 Å². The van der Waals surface area contributed by atoms with E-state index in [0.29, 0.717) is 42.4 Å². The Labute approximate surface area is 163 Å². The van der Waals surface area contributed by atoms with Crippen LogP contribution in [0.25, 0.3) is 0 Å². The molecule has 1 N–H and O–H groups in total. The van der Waals surface area contributed by atoms with E-state index in [1.807, 2.05) is 18.7 Å². The molecule has 3 rings (SSSR count). The number of anilines is 2. The van der Waals surface area contributed by atoms with Crippen LogP contribution in [0, 0.1) is 5.82 Å². The molecule has 0 bridgehead atoms. The van der Waals surface area contributed by atoms with Crippen molar-refractivity contribution in [2.24, 2.45) is 0 Å². The van der Waals surface area contributed by atoms with Crippen molar-refractivity contribution in [3.05, 3.63) is 40.2 Å². The number of aromatic nitrogens is 1. The second-order valence-electron chi connectivity index (χ2n) is 6.61. The molecule has 0 spiro atoms. The molecule has 1 aromatic heterocycles. The molecule has 0 atom stereocenters. The van der Waals surface area contributed by atoms with Crippen molar-refractivity contribution in [3.8, 4) is 0 Å². The van der Waals surface area contributed by atoms with Gasteiger partial charge in [-0.25, -0.2) is 9.37 Å². The highest BCUT2D eigenvalue weighted by Gasteiger charge is 2.35. The summed E-state index contributed by atoms with van der Waals surface area (Å²) in [5, 5.41) is 2.88. The summed E-state index contributed by atoms with van der Waals surface area (Å²) in [5.41, 5.74) is -1.66. The van der Waals surface area contributed by atoms with Gasteiger partial charge in [0.15, 0.2) is 5.13 Å². The Morgan fingerprint density at radius 2 is 1.96 bits per heavy atom. The Morgan fingerprint density at radius 3 is 2.57 bits per heavy atom. The van der Waals surface area contributed by atoms with Gasteiger partial charge in [-0.2, -0.15) is 13.2 Å². The first-order chi connectivity index (χ1) is 13.2. The van der Waals surface area contributed by atoms with Gasteiger partial charge in [0, 0.05) is 18.0 Å². The molecule has 10 heteroatoms. The Hall–Kier alpha value is -2.20. The lowest BCUT2D eigenvalue weighted by Gasteiger charge is -2.26. The Balaban J connectivity index is 1.91. The summed E-state index contributed by atoms with van der Waals surface area (Å²) in [6, 6.07) is 2.13. The molecular formula is C18H19F4N3O2S. The van der Waals surface area contributed by atoms with Crippen molar-refractivity contribution >= 4 is 28.1 Å². The molecule has 152 valence electrons. The molecule has 1 aliphatic rings. The van der Waals surface area contributed by atoms with E-state index >= 15 is 0 Å². The van der Waals surface area contributed by atoms with Gasteiger partial charge >= 0.3 is 6.18 Å². The molecule has 0 unspecified atom stereocenters. The zero-order valence-electron chi connectivity index (χ0n) is 15.3. The summed E-state index contributed by atoms with van der Waals surface area (Å²) in [4.78, 5) is 19.8. The minimum atomic E-state index is -4.80. The summed E-state index contributed by atoms with van der Waals surface area (Å²) in [6.07, 6.45) is -4.80. The predicted molar refractivity (Wildman–Crippen MR) is 98.6 cm³/mol. The number of rotatable bonds is 4. The molecule has 1 amide bonds. The van der Waals surface area contributed by atoms with Crippen LogP contribution in [-0.4, -0.2) is 37.2 Å². The van der Waals surface area contributed by atoms with Gasteiger partial charge in [-0.1, -0.05) is 13.8 Å². The van der Waals surface area contributed by atoms with Crippen LogP contribution < -0.4 is 10.2 Å². The number of thiazole rings is 1. The molecule has 5 nitrogen and oxygen atoms in total. The zero-order chi connectivity index (χ0) is 20.5.